The molecule has 0 aliphatic carbocycles. The van der Waals surface area contributed by atoms with Crippen molar-refractivity contribution in [2.45, 2.75) is 6.92 Å². The number of aryl methyl sites for hydroxylation is 1. The molecule has 0 saturated heterocycles. The van der Waals surface area contributed by atoms with Crippen LogP contribution in [-0.4, -0.2) is 23.9 Å². The SMILES string of the molecule is Cc1[nH]c2ccc(-c3ccc(Cl)cc3)cc2c1C1=NCCN1.Cl. The summed E-state index contributed by atoms with van der Waals surface area (Å²) in [6.45, 7) is 3.86. The lowest BCUT2D eigenvalue weighted by Gasteiger charge is -2.05. The van der Waals surface area contributed by atoms with E-state index in [1.165, 1.54) is 16.5 Å². The Morgan fingerprint density at radius 2 is 1.78 bits per heavy atom. The zero-order valence-corrected chi connectivity index (χ0v) is 14.3. The van der Waals surface area contributed by atoms with E-state index in [-0.39, 0.29) is 12.4 Å². The second-order valence-corrected chi connectivity index (χ2v) is 5.99. The van der Waals surface area contributed by atoms with Crippen LogP contribution >= 0.6 is 24.0 Å². The summed E-state index contributed by atoms with van der Waals surface area (Å²) in [6, 6.07) is 14.4. The second-order valence-electron chi connectivity index (χ2n) is 5.55. The third-order valence-corrected chi connectivity index (χ3v) is 4.33. The third-order valence-electron chi connectivity index (χ3n) is 4.07. The van der Waals surface area contributed by atoms with Gasteiger partial charge < -0.3 is 10.3 Å². The number of nitrogens with zero attached hydrogens (tertiary/aromatic N) is 1. The average molecular weight is 346 g/mol. The van der Waals surface area contributed by atoms with Gasteiger partial charge in [0.2, 0.25) is 0 Å². The molecule has 5 heteroatoms. The van der Waals surface area contributed by atoms with Crippen molar-refractivity contribution < 1.29 is 0 Å². The fourth-order valence-electron chi connectivity index (χ4n) is 3.02. The zero-order valence-electron chi connectivity index (χ0n) is 12.7. The fraction of sp³-hybridized carbons (Fsp3) is 0.167. The van der Waals surface area contributed by atoms with Gasteiger partial charge in [0.1, 0.15) is 5.84 Å². The van der Waals surface area contributed by atoms with E-state index in [0.29, 0.717) is 0 Å². The number of fused-ring (bicyclic) bond motifs is 1. The first-order valence-corrected chi connectivity index (χ1v) is 7.77. The van der Waals surface area contributed by atoms with Gasteiger partial charge >= 0.3 is 0 Å². The highest BCUT2D eigenvalue weighted by molar-refractivity contribution is 6.30. The Morgan fingerprint density at radius 3 is 2.48 bits per heavy atom. The van der Waals surface area contributed by atoms with Gasteiger partial charge in [-0.25, -0.2) is 0 Å². The van der Waals surface area contributed by atoms with Gasteiger partial charge in [0, 0.05) is 33.7 Å². The van der Waals surface area contributed by atoms with Gasteiger partial charge in [0.05, 0.1) is 6.54 Å². The highest BCUT2D eigenvalue weighted by atomic mass is 35.5. The van der Waals surface area contributed by atoms with Crippen LogP contribution in [-0.2, 0) is 0 Å². The number of hydrogen-bond donors (Lipinski definition) is 2. The summed E-state index contributed by atoms with van der Waals surface area (Å²) in [6.07, 6.45) is 0. The Bertz CT molecular complexity index is 879. The standard InChI is InChI=1S/C18H16ClN3.ClH/c1-11-17(18-20-8-9-21-18)15-10-13(4-7-16(15)22-11)12-2-5-14(19)6-3-12;/h2-7,10,22H,8-9H2,1H3,(H,20,21);1H. The van der Waals surface area contributed by atoms with Crippen LogP contribution in [0.2, 0.25) is 5.02 Å². The number of aliphatic imine (C=N–C) groups is 1. The summed E-state index contributed by atoms with van der Waals surface area (Å²) < 4.78 is 0. The maximum Gasteiger partial charge on any atom is 0.130 e. The van der Waals surface area contributed by atoms with E-state index < -0.39 is 0 Å². The van der Waals surface area contributed by atoms with Crippen LogP contribution in [0, 0.1) is 6.92 Å². The number of H-pyrrole nitrogens is 1. The third kappa shape index (κ3) is 2.82. The molecule has 0 saturated carbocycles. The monoisotopic (exact) mass is 345 g/mol. The minimum atomic E-state index is 0. The molecular formula is C18H17Cl2N3. The Kier molecular flexibility index (Phi) is 4.33. The molecular weight excluding hydrogens is 329 g/mol. The van der Waals surface area contributed by atoms with Gasteiger partial charge in [0.25, 0.3) is 0 Å². The molecule has 4 rings (SSSR count). The zero-order chi connectivity index (χ0) is 15.1. The molecule has 1 aliphatic rings. The van der Waals surface area contributed by atoms with Crippen molar-refractivity contribution in [1.82, 2.24) is 10.3 Å². The van der Waals surface area contributed by atoms with Gasteiger partial charge in [-0.2, -0.15) is 0 Å². The van der Waals surface area contributed by atoms with Gasteiger partial charge in [-0.05, 0) is 42.3 Å². The molecule has 0 unspecified atom stereocenters. The lowest BCUT2D eigenvalue weighted by Crippen LogP contribution is -2.19. The van der Waals surface area contributed by atoms with E-state index in [0.717, 1.165) is 40.7 Å². The molecule has 0 atom stereocenters. The van der Waals surface area contributed by atoms with Crippen LogP contribution in [0.15, 0.2) is 47.5 Å². The number of nitrogens with one attached hydrogen (secondary N) is 2. The molecule has 3 nitrogen and oxygen atoms in total. The van der Waals surface area contributed by atoms with E-state index in [4.69, 9.17) is 11.6 Å². The minimum Gasteiger partial charge on any atom is -0.368 e. The first-order chi connectivity index (χ1) is 10.7. The van der Waals surface area contributed by atoms with E-state index in [2.05, 4.69) is 40.4 Å². The summed E-state index contributed by atoms with van der Waals surface area (Å²) in [5.74, 6) is 0.997. The van der Waals surface area contributed by atoms with Crippen molar-refractivity contribution in [3.8, 4) is 11.1 Å². The van der Waals surface area contributed by atoms with E-state index in [9.17, 15) is 0 Å². The van der Waals surface area contributed by atoms with Crippen molar-refractivity contribution in [2.24, 2.45) is 4.99 Å². The topological polar surface area (TPSA) is 40.2 Å². The Morgan fingerprint density at radius 1 is 1.04 bits per heavy atom. The number of aromatic nitrogens is 1. The first-order valence-electron chi connectivity index (χ1n) is 7.39. The fourth-order valence-corrected chi connectivity index (χ4v) is 3.15. The van der Waals surface area contributed by atoms with Gasteiger partial charge in [-0.15, -0.1) is 12.4 Å². The molecule has 23 heavy (non-hydrogen) atoms. The van der Waals surface area contributed by atoms with Crippen molar-refractivity contribution in [3.05, 3.63) is 58.7 Å². The Balaban J connectivity index is 0.00000156. The molecule has 0 spiro atoms. The Labute approximate surface area is 146 Å². The number of aromatic amines is 1. The first kappa shape index (κ1) is 15.9. The second kappa shape index (κ2) is 6.26. The number of benzene rings is 2. The average Bonchev–Trinajstić information content (AvgIpc) is 3.13. The van der Waals surface area contributed by atoms with Gasteiger partial charge in [-0.3, -0.25) is 4.99 Å². The van der Waals surface area contributed by atoms with Crippen LogP contribution < -0.4 is 5.32 Å². The molecule has 3 aromatic rings. The minimum absolute atomic E-state index is 0. The molecule has 1 aliphatic heterocycles. The lowest BCUT2D eigenvalue weighted by atomic mass is 10.0. The van der Waals surface area contributed by atoms with Crippen LogP contribution in [0.5, 0.6) is 0 Å². The van der Waals surface area contributed by atoms with Crippen LogP contribution in [0.3, 0.4) is 0 Å². The smallest absolute Gasteiger partial charge is 0.130 e. The van der Waals surface area contributed by atoms with Crippen LogP contribution in [0.25, 0.3) is 22.0 Å². The van der Waals surface area contributed by atoms with Crippen molar-refractivity contribution in [1.29, 1.82) is 0 Å². The van der Waals surface area contributed by atoms with E-state index in [1.54, 1.807) is 0 Å². The number of hydrogen-bond acceptors (Lipinski definition) is 2. The molecule has 0 amide bonds. The van der Waals surface area contributed by atoms with Gasteiger partial charge in [0.15, 0.2) is 0 Å². The summed E-state index contributed by atoms with van der Waals surface area (Å²) in [5.41, 5.74) is 5.82. The Hall–Kier alpha value is -1.97. The van der Waals surface area contributed by atoms with Crippen molar-refractivity contribution in [3.63, 3.8) is 0 Å². The summed E-state index contributed by atoms with van der Waals surface area (Å²) in [7, 11) is 0. The highest BCUT2D eigenvalue weighted by Crippen LogP contribution is 2.29. The summed E-state index contributed by atoms with van der Waals surface area (Å²) in [5, 5.41) is 5.33. The quantitative estimate of drug-likeness (QED) is 0.701. The summed E-state index contributed by atoms with van der Waals surface area (Å²) in [4.78, 5) is 8.02. The molecule has 2 N–H and O–H groups in total. The molecule has 0 radical (unpaired) electrons. The molecule has 118 valence electrons. The maximum atomic E-state index is 5.98. The maximum absolute atomic E-state index is 5.98. The van der Waals surface area contributed by atoms with Crippen LogP contribution in [0.1, 0.15) is 11.3 Å². The van der Waals surface area contributed by atoms with Crippen molar-refractivity contribution in [2.75, 3.05) is 13.1 Å². The molecule has 1 aromatic heterocycles. The van der Waals surface area contributed by atoms with E-state index >= 15 is 0 Å². The molecule has 2 heterocycles. The largest absolute Gasteiger partial charge is 0.368 e. The number of halogens is 2. The van der Waals surface area contributed by atoms with Crippen LogP contribution in [0.4, 0.5) is 0 Å². The predicted molar refractivity (Wildman–Crippen MR) is 100 cm³/mol. The lowest BCUT2D eigenvalue weighted by molar-refractivity contribution is 0.960. The van der Waals surface area contributed by atoms with E-state index in [1.807, 2.05) is 24.3 Å². The number of rotatable bonds is 2. The molecule has 0 bridgehead atoms. The number of amidine groups is 1. The molecule has 0 fully saturated rings. The predicted octanol–water partition coefficient (Wildman–Crippen LogP) is 4.57. The van der Waals surface area contributed by atoms with Gasteiger partial charge in [-0.1, -0.05) is 29.8 Å². The normalized spacial score (nSPS) is 13.6. The van der Waals surface area contributed by atoms with Crippen molar-refractivity contribution >= 4 is 40.7 Å². The highest BCUT2D eigenvalue weighted by Gasteiger charge is 2.17. The molecule has 2 aromatic carbocycles. The summed E-state index contributed by atoms with van der Waals surface area (Å²) >= 11 is 5.98.